The van der Waals surface area contributed by atoms with Gasteiger partial charge in [-0.05, 0) is 61.6 Å². The second kappa shape index (κ2) is 9.00. The van der Waals surface area contributed by atoms with Crippen molar-refractivity contribution in [1.29, 1.82) is 0 Å². The van der Waals surface area contributed by atoms with Crippen LogP contribution in [-0.4, -0.2) is 69.8 Å². The Kier molecular flexibility index (Phi) is 5.65. The van der Waals surface area contributed by atoms with Gasteiger partial charge in [0.2, 0.25) is 5.91 Å². The molecule has 7 rings (SSSR count). The fraction of sp³-hybridized carbons (Fsp3) is 0.406. The van der Waals surface area contributed by atoms with Gasteiger partial charge < -0.3 is 24.3 Å². The van der Waals surface area contributed by atoms with E-state index in [0.29, 0.717) is 25.0 Å². The molecule has 1 aromatic heterocycles. The number of nitrogens with zero attached hydrogens (tertiary/aromatic N) is 2. The highest BCUT2D eigenvalue weighted by Gasteiger charge is 2.72. The van der Waals surface area contributed by atoms with Crippen molar-refractivity contribution in [1.82, 2.24) is 9.80 Å². The van der Waals surface area contributed by atoms with E-state index in [4.69, 9.17) is 9.15 Å². The number of likely N-dealkylation sites (N-methyl/N-ethyl adjacent to an activating group) is 1. The third kappa shape index (κ3) is 3.60. The van der Waals surface area contributed by atoms with Crippen LogP contribution in [0.2, 0.25) is 0 Å². The van der Waals surface area contributed by atoms with Crippen LogP contribution in [0.5, 0.6) is 11.5 Å². The van der Waals surface area contributed by atoms with Crippen molar-refractivity contribution in [3.8, 4) is 11.5 Å². The summed E-state index contributed by atoms with van der Waals surface area (Å²) >= 11 is 0. The molecule has 7 heteroatoms. The van der Waals surface area contributed by atoms with E-state index < -0.39 is 11.0 Å². The number of aliphatic hydroxyl groups is 1. The van der Waals surface area contributed by atoms with Crippen LogP contribution >= 0.6 is 0 Å². The van der Waals surface area contributed by atoms with Crippen molar-refractivity contribution in [2.75, 3.05) is 20.1 Å². The first-order valence-corrected chi connectivity index (χ1v) is 13.9. The average Bonchev–Trinajstić information content (AvgIpc) is 3.58. The Morgan fingerprint density at radius 2 is 2.05 bits per heavy atom. The molecular weight excluding hydrogens is 492 g/mol. The summed E-state index contributed by atoms with van der Waals surface area (Å²) in [7, 11) is 1.81. The molecule has 2 aromatic carbocycles. The first-order chi connectivity index (χ1) is 18.9. The molecule has 2 bridgehead atoms. The van der Waals surface area contributed by atoms with E-state index in [1.165, 1.54) is 5.56 Å². The summed E-state index contributed by atoms with van der Waals surface area (Å²) < 4.78 is 11.6. The Balaban J connectivity index is 1.23. The molecule has 7 nitrogen and oxygen atoms in total. The second-order valence-electron chi connectivity index (χ2n) is 11.6. The van der Waals surface area contributed by atoms with Gasteiger partial charge in [-0.15, -0.1) is 0 Å². The summed E-state index contributed by atoms with van der Waals surface area (Å²) in [6, 6.07) is 15.7. The number of hydrogen-bond donors (Lipinski definition) is 2. The number of piperidine rings is 1. The standard InChI is InChI=1S/C32H34N2O5/c1-33(28(36)10-7-22-12-16-38-20-22)24-18-27-31-13-15-34(14-11-21-5-3-2-4-6-21)26(32(31,37)19-24)17-23-8-9-25(35)30(39-27)29(23)31/h2-10,12,16,20,24,26-27,35,37H,11,13-15,17-19H2,1H3/b10-7+/t24-,26-,27+,31-,32-/m1/s1. The normalized spacial score (nSPS) is 30.7. The third-order valence-corrected chi connectivity index (χ3v) is 9.87. The number of amides is 1. The van der Waals surface area contributed by atoms with Crippen LogP contribution in [0.1, 0.15) is 41.5 Å². The summed E-state index contributed by atoms with van der Waals surface area (Å²) in [5.41, 5.74) is 2.59. The lowest BCUT2D eigenvalue weighted by molar-refractivity contribution is -0.197. The molecule has 0 unspecified atom stereocenters. The lowest BCUT2D eigenvalue weighted by Gasteiger charge is -2.64. The molecule has 2 aliphatic heterocycles. The van der Waals surface area contributed by atoms with Gasteiger partial charge in [-0.3, -0.25) is 9.69 Å². The number of furan rings is 1. The van der Waals surface area contributed by atoms with Gasteiger partial charge in [0.1, 0.15) is 6.10 Å². The Morgan fingerprint density at radius 1 is 1.21 bits per heavy atom. The van der Waals surface area contributed by atoms with Crippen LogP contribution in [0, 0.1) is 0 Å². The van der Waals surface area contributed by atoms with E-state index in [1.54, 1.807) is 41.7 Å². The van der Waals surface area contributed by atoms with Crippen LogP contribution in [0.4, 0.5) is 0 Å². The molecule has 1 amide bonds. The minimum absolute atomic E-state index is 0.100. The van der Waals surface area contributed by atoms with Crippen molar-refractivity contribution < 1.29 is 24.2 Å². The van der Waals surface area contributed by atoms with E-state index >= 15 is 0 Å². The van der Waals surface area contributed by atoms with Crippen molar-refractivity contribution in [2.45, 2.75) is 61.3 Å². The van der Waals surface area contributed by atoms with Gasteiger partial charge in [0.25, 0.3) is 0 Å². The molecule has 3 heterocycles. The number of likely N-dealkylation sites (tertiary alicyclic amines) is 1. The molecular formula is C32H34N2O5. The SMILES string of the molecule is CN(C(=O)/C=C/c1ccoc1)[C@@H]1C[C@@H]2Oc3c(O)ccc4c3[C@@]23CCN(CCc2ccccc2)[C@H](C4)[C@]3(O)C1. The number of aromatic hydroxyl groups is 1. The Labute approximate surface area is 228 Å². The molecule has 1 saturated heterocycles. The van der Waals surface area contributed by atoms with Crippen molar-refractivity contribution in [3.05, 3.63) is 89.4 Å². The number of phenolic OH excluding ortho intramolecular Hbond substituents is 1. The Morgan fingerprint density at radius 3 is 2.85 bits per heavy atom. The second-order valence-corrected chi connectivity index (χ2v) is 11.6. The maximum absolute atomic E-state index is 13.2. The quantitative estimate of drug-likeness (QED) is 0.474. The molecule has 2 aliphatic carbocycles. The highest BCUT2D eigenvalue weighted by molar-refractivity contribution is 5.91. The monoisotopic (exact) mass is 526 g/mol. The third-order valence-electron chi connectivity index (χ3n) is 9.87. The summed E-state index contributed by atoms with van der Waals surface area (Å²) in [4.78, 5) is 17.4. The maximum Gasteiger partial charge on any atom is 0.246 e. The topological polar surface area (TPSA) is 86.4 Å². The largest absolute Gasteiger partial charge is 0.504 e. The fourth-order valence-corrected chi connectivity index (χ4v) is 7.95. The fourth-order valence-electron chi connectivity index (χ4n) is 7.95. The van der Waals surface area contributed by atoms with Crippen LogP contribution < -0.4 is 4.74 Å². The Bertz CT molecular complexity index is 1420. The first-order valence-electron chi connectivity index (χ1n) is 13.9. The minimum Gasteiger partial charge on any atom is -0.504 e. The molecule has 0 radical (unpaired) electrons. The highest BCUT2D eigenvalue weighted by atomic mass is 16.5. The number of benzene rings is 2. The molecule has 1 spiro atoms. The minimum atomic E-state index is -1.09. The van der Waals surface area contributed by atoms with Gasteiger partial charge in [0.15, 0.2) is 11.5 Å². The summed E-state index contributed by atoms with van der Waals surface area (Å²) in [6.07, 6.45) is 9.60. The summed E-state index contributed by atoms with van der Waals surface area (Å²) in [5, 5.41) is 23.7. The van der Waals surface area contributed by atoms with Gasteiger partial charge >= 0.3 is 0 Å². The number of rotatable bonds is 6. The molecule has 5 atom stereocenters. The lowest BCUT2D eigenvalue weighted by Crippen LogP contribution is -2.77. The zero-order chi connectivity index (χ0) is 26.8. The van der Waals surface area contributed by atoms with Gasteiger partial charge in [-0.25, -0.2) is 0 Å². The van der Waals surface area contributed by atoms with Crippen molar-refractivity contribution >= 4 is 12.0 Å². The lowest BCUT2D eigenvalue weighted by atomic mass is 9.48. The predicted octanol–water partition coefficient (Wildman–Crippen LogP) is 3.92. The summed E-state index contributed by atoms with van der Waals surface area (Å²) in [6.45, 7) is 1.72. The van der Waals surface area contributed by atoms with E-state index in [0.717, 1.165) is 42.6 Å². The number of hydrogen-bond acceptors (Lipinski definition) is 6. The van der Waals surface area contributed by atoms with Gasteiger partial charge in [0, 0.05) is 49.3 Å². The van der Waals surface area contributed by atoms with E-state index in [-0.39, 0.29) is 29.8 Å². The van der Waals surface area contributed by atoms with E-state index in [2.05, 4.69) is 29.2 Å². The zero-order valence-corrected chi connectivity index (χ0v) is 22.1. The zero-order valence-electron chi connectivity index (χ0n) is 22.1. The molecule has 202 valence electrons. The maximum atomic E-state index is 13.2. The van der Waals surface area contributed by atoms with Crippen LogP contribution in [0.3, 0.4) is 0 Å². The number of carbonyl (C=O) groups is 1. The molecule has 1 saturated carbocycles. The van der Waals surface area contributed by atoms with Gasteiger partial charge in [-0.2, -0.15) is 0 Å². The van der Waals surface area contributed by atoms with Crippen LogP contribution in [-0.2, 0) is 23.1 Å². The van der Waals surface area contributed by atoms with Crippen molar-refractivity contribution in [2.24, 2.45) is 0 Å². The molecule has 4 aliphatic rings. The molecule has 3 aromatic rings. The van der Waals surface area contributed by atoms with Crippen LogP contribution in [0.15, 0.2) is 71.6 Å². The number of carbonyl (C=O) groups excluding carboxylic acids is 1. The van der Waals surface area contributed by atoms with Crippen molar-refractivity contribution in [3.63, 3.8) is 0 Å². The first kappa shape index (κ1) is 24.5. The van der Waals surface area contributed by atoms with Crippen LogP contribution in [0.25, 0.3) is 6.08 Å². The molecule has 39 heavy (non-hydrogen) atoms. The average molecular weight is 527 g/mol. The van der Waals surface area contributed by atoms with E-state index in [1.807, 2.05) is 19.2 Å². The van der Waals surface area contributed by atoms with Gasteiger partial charge in [-0.1, -0.05) is 36.4 Å². The number of phenols is 1. The summed E-state index contributed by atoms with van der Waals surface area (Å²) in [5.74, 6) is 0.539. The van der Waals surface area contributed by atoms with E-state index in [9.17, 15) is 15.0 Å². The number of ether oxygens (including phenoxy) is 1. The highest BCUT2D eigenvalue weighted by Crippen LogP contribution is 2.65. The predicted molar refractivity (Wildman–Crippen MR) is 147 cm³/mol. The Hall–Kier alpha value is -3.55. The van der Waals surface area contributed by atoms with Gasteiger partial charge in [0.05, 0.1) is 23.5 Å². The molecule has 2 N–H and O–H groups in total. The smallest absolute Gasteiger partial charge is 0.246 e. The molecule has 2 fully saturated rings.